The molecule has 3 N–H and O–H groups in total. The first-order chi connectivity index (χ1) is 11.1. The van der Waals surface area contributed by atoms with Crippen LogP contribution in [-0.4, -0.2) is 45.1 Å². The van der Waals surface area contributed by atoms with Gasteiger partial charge in [0, 0.05) is 25.7 Å². The summed E-state index contributed by atoms with van der Waals surface area (Å²) in [7, 11) is 0. The number of nitrogens with zero attached hydrogens (tertiary/aromatic N) is 2. The second kappa shape index (κ2) is 6.51. The molecule has 1 aromatic carbocycles. The van der Waals surface area contributed by atoms with Gasteiger partial charge in [0.25, 0.3) is 0 Å². The van der Waals surface area contributed by atoms with E-state index >= 15 is 0 Å². The zero-order valence-corrected chi connectivity index (χ0v) is 12.5. The van der Waals surface area contributed by atoms with Crippen molar-refractivity contribution in [1.29, 1.82) is 0 Å². The Morgan fingerprint density at radius 2 is 2.13 bits per heavy atom. The molecule has 1 fully saturated rings. The number of aromatic amines is 1. The van der Waals surface area contributed by atoms with Crippen molar-refractivity contribution in [3.8, 4) is 0 Å². The van der Waals surface area contributed by atoms with Gasteiger partial charge in [0.05, 0.1) is 5.92 Å². The molecule has 1 saturated heterocycles. The predicted octanol–water partition coefficient (Wildman–Crippen LogP) is 1.94. The van der Waals surface area contributed by atoms with Crippen LogP contribution in [0.25, 0.3) is 0 Å². The summed E-state index contributed by atoms with van der Waals surface area (Å²) in [6.45, 7) is 0.635. The molecule has 0 saturated carbocycles. The van der Waals surface area contributed by atoms with E-state index in [-0.39, 0.29) is 18.4 Å². The van der Waals surface area contributed by atoms with Gasteiger partial charge in [0.2, 0.25) is 5.91 Å². The fraction of sp³-hybridized carbons (Fsp3) is 0.312. The smallest absolute Gasteiger partial charge is 0.407 e. The third-order valence-corrected chi connectivity index (χ3v) is 3.93. The van der Waals surface area contributed by atoms with Crippen LogP contribution < -0.4 is 5.32 Å². The van der Waals surface area contributed by atoms with E-state index in [9.17, 15) is 9.59 Å². The van der Waals surface area contributed by atoms with Gasteiger partial charge < -0.3 is 20.3 Å². The number of carbonyl (C=O) groups is 2. The number of amides is 2. The highest BCUT2D eigenvalue weighted by atomic mass is 16.4. The number of likely N-dealkylation sites (tertiary alicyclic amines) is 1. The average molecular weight is 314 g/mol. The van der Waals surface area contributed by atoms with Gasteiger partial charge in [-0.15, -0.1) is 0 Å². The van der Waals surface area contributed by atoms with Gasteiger partial charge in [-0.1, -0.05) is 30.3 Å². The number of rotatable bonds is 4. The summed E-state index contributed by atoms with van der Waals surface area (Å²) in [4.78, 5) is 31.7. The zero-order chi connectivity index (χ0) is 16.2. The average Bonchev–Trinajstić information content (AvgIpc) is 3.18. The molecule has 0 unspecified atom stereocenters. The highest BCUT2D eigenvalue weighted by Crippen LogP contribution is 2.18. The molecule has 2 amide bonds. The maximum Gasteiger partial charge on any atom is 0.407 e. The molecule has 120 valence electrons. The van der Waals surface area contributed by atoms with E-state index in [1.54, 1.807) is 6.20 Å². The van der Waals surface area contributed by atoms with Crippen molar-refractivity contribution in [1.82, 2.24) is 14.9 Å². The van der Waals surface area contributed by atoms with E-state index in [0.717, 1.165) is 11.4 Å². The van der Waals surface area contributed by atoms with Crippen molar-refractivity contribution in [3.05, 3.63) is 47.9 Å². The number of carbonyl (C=O) groups excluding carboxylic acids is 1. The zero-order valence-electron chi connectivity index (χ0n) is 12.5. The minimum Gasteiger partial charge on any atom is -0.465 e. The third-order valence-electron chi connectivity index (χ3n) is 3.93. The van der Waals surface area contributed by atoms with E-state index in [1.165, 1.54) is 4.90 Å². The van der Waals surface area contributed by atoms with Gasteiger partial charge >= 0.3 is 6.09 Å². The van der Waals surface area contributed by atoms with Crippen LogP contribution in [0.4, 0.5) is 10.6 Å². The summed E-state index contributed by atoms with van der Waals surface area (Å²) >= 11 is 0. The molecule has 2 aromatic rings. The summed E-state index contributed by atoms with van der Waals surface area (Å²) in [6.07, 6.45) is 1.87. The van der Waals surface area contributed by atoms with Gasteiger partial charge in [0.15, 0.2) is 5.82 Å². The molecule has 1 aliphatic heterocycles. The lowest BCUT2D eigenvalue weighted by atomic mass is 10.1. The number of hydrogen-bond donors (Lipinski definition) is 3. The Balaban J connectivity index is 1.57. The Morgan fingerprint density at radius 1 is 1.35 bits per heavy atom. The standard InChI is InChI=1S/C16H18N4O3/c21-15(12-6-7-20(10-12)16(22)23)19-14-9-17-13(18-14)8-11-4-2-1-3-5-11/h1-5,9,12H,6-8,10H2,(H,17,18)(H,19,21)(H,22,23)/t12-/m0/s1. The molecule has 7 nitrogen and oxygen atoms in total. The number of benzene rings is 1. The number of hydrogen-bond acceptors (Lipinski definition) is 3. The molecule has 1 aromatic heterocycles. The Kier molecular flexibility index (Phi) is 4.27. The van der Waals surface area contributed by atoms with E-state index < -0.39 is 6.09 Å². The normalized spacial score (nSPS) is 17.2. The number of H-pyrrole nitrogens is 1. The van der Waals surface area contributed by atoms with Crippen LogP contribution in [0.2, 0.25) is 0 Å². The number of anilines is 1. The van der Waals surface area contributed by atoms with E-state index in [1.807, 2.05) is 30.3 Å². The van der Waals surface area contributed by atoms with Crippen molar-refractivity contribution in [2.75, 3.05) is 18.4 Å². The van der Waals surface area contributed by atoms with Crippen LogP contribution in [0, 0.1) is 5.92 Å². The molecular formula is C16H18N4O3. The Hall–Kier alpha value is -2.83. The first kappa shape index (κ1) is 15.1. The molecule has 23 heavy (non-hydrogen) atoms. The van der Waals surface area contributed by atoms with Crippen LogP contribution in [0.1, 0.15) is 17.8 Å². The lowest BCUT2D eigenvalue weighted by molar-refractivity contribution is -0.119. The van der Waals surface area contributed by atoms with Crippen LogP contribution in [-0.2, 0) is 11.2 Å². The molecule has 1 atom stereocenters. The molecule has 0 radical (unpaired) electrons. The fourth-order valence-electron chi connectivity index (χ4n) is 2.68. The van der Waals surface area contributed by atoms with E-state index in [2.05, 4.69) is 15.3 Å². The highest BCUT2D eigenvalue weighted by Gasteiger charge is 2.31. The SMILES string of the molecule is O=C(Nc1c[nH]c(Cc2ccccc2)n1)[C@H]1CCN(C(=O)O)C1. The van der Waals surface area contributed by atoms with Crippen LogP contribution >= 0.6 is 0 Å². The molecule has 2 heterocycles. The predicted molar refractivity (Wildman–Crippen MR) is 84.2 cm³/mol. The second-order valence-corrected chi connectivity index (χ2v) is 5.60. The van der Waals surface area contributed by atoms with Gasteiger partial charge in [-0.25, -0.2) is 9.78 Å². The minimum absolute atomic E-state index is 0.188. The van der Waals surface area contributed by atoms with Crippen LogP contribution in [0.5, 0.6) is 0 Å². The number of aromatic nitrogens is 2. The van der Waals surface area contributed by atoms with Gasteiger partial charge in [-0.2, -0.15) is 0 Å². The summed E-state index contributed by atoms with van der Waals surface area (Å²) in [5.74, 6) is 0.728. The maximum atomic E-state index is 12.2. The second-order valence-electron chi connectivity index (χ2n) is 5.60. The molecule has 0 aliphatic carbocycles. The largest absolute Gasteiger partial charge is 0.465 e. The van der Waals surface area contributed by atoms with Crippen LogP contribution in [0.3, 0.4) is 0 Å². The monoisotopic (exact) mass is 314 g/mol. The summed E-state index contributed by atoms with van der Waals surface area (Å²) in [5.41, 5.74) is 1.13. The van der Waals surface area contributed by atoms with Crippen molar-refractivity contribution in [2.24, 2.45) is 5.92 Å². The summed E-state index contributed by atoms with van der Waals surface area (Å²) in [6, 6.07) is 9.92. The Morgan fingerprint density at radius 3 is 2.83 bits per heavy atom. The van der Waals surface area contributed by atoms with Crippen LogP contribution in [0.15, 0.2) is 36.5 Å². The Bertz CT molecular complexity index is 698. The van der Waals surface area contributed by atoms with Crippen molar-refractivity contribution < 1.29 is 14.7 Å². The Labute approximate surface area is 133 Å². The van der Waals surface area contributed by atoms with Crippen molar-refractivity contribution in [2.45, 2.75) is 12.8 Å². The molecular weight excluding hydrogens is 296 g/mol. The lowest BCUT2D eigenvalue weighted by Gasteiger charge is -2.11. The molecule has 0 bridgehead atoms. The molecule has 7 heteroatoms. The molecule has 3 rings (SSSR count). The van der Waals surface area contributed by atoms with Crippen molar-refractivity contribution >= 4 is 17.8 Å². The maximum absolute atomic E-state index is 12.2. The topological polar surface area (TPSA) is 98.3 Å². The van der Waals surface area contributed by atoms with Gasteiger partial charge in [-0.05, 0) is 12.0 Å². The fourth-order valence-corrected chi connectivity index (χ4v) is 2.68. The summed E-state index contributed by atoms with van der Waals surface area (Å²) in [5, 5.41) is 11.7. The minimum atomic E-state index is -0.981. The van der Waals surface area contributed by atoms with E-state index in [0.29, 0.717) is 25.2 Å². The van der Waals surface area contributed by atoms with Gasteiger partial charge in [-0.3, -0.25) is 4.79 Å². The highest BCUT2D eigenvalue weighted by molar-refractivity contribution is 5.92. The van der Waals surface area contributed by atoms with Crippen molar-refractivity contribution in [3.63, 3.8) is 0 Å². The molecule has 1 aliphatic rings. The number of nitrogens with one attached hydrogen (secondary N) is 2. The number of carboxylic acid groups (broad SMARTS) is 1. The lowest BCUT2D eigenvalue weighted by Crippen LogP contribution is -2.30. The third kappa shape index (κ3) is 3.68. The van der Waals surface area contributed by atoms with Gasteiger partial charge in [0.1, 0.15) is 5.82 Å². The first-order valence-corrected chi connectivity index (χ1v) is 7.49. The number of imidazole rings is 1. The van der Waals surface area contributed by atoms with E-state index in [4.69, 9.17) is 5.11 Å². The quantitative estimate of drug-likeness (QED) is 0.803. The first-order valence-electron chi connectivity index (χ1n) is 7.49. The molecule has 0 spiro atoms. The summed E-state index contributed by atoms with van der Waals surface area (Å²) < 4.78 is 0.